The molecule has 0 aromatic heterocycles. The molecule has 140 valence electrons. The van der Waals surface area contributed by atoms with Gasteiger partial charge in [-0.05, 0) is 23.3 Å². The number of methoxy groups -OCH3 is 2. The maximum absolute atomic E-state index is 13.0. The first kappa shape index (κ1) is 18.7. The van der Waals surface area contributed by atoms with Crippen LogP contribution in [0.4, 0.5) is 0 Å². The molecule has 26 heavy (non-hydrogen) atoms. The number of benzene rings is 2. The van der Waals surface area contributed by atoms with Gasteiger partial charge in [0.05, 0.1) is 26.9 Å². The Morgan fingerprint density at radius 3 is 2.54 bits per heavy atom. The molecule has 0 N–H and O–H groups in total. The van der Waals surface area contributed by atoms with Crippen molar-refractivity contribution in [1.29, 1.82) is 0 Å². The Morgan fingerprint density at radius 2 is 1.85 bits per heavy atom. The normalized spacial score (nSPS) is 17.0. The molecule has 0 saturated heterocycles. The Morgan fingerprint density at radius 1 is 1.12 bits per heavy atom. The number of nitrogens with zero attached hydrogens (tertiary/aromatic N) is 1. The van der Waals surface area contributed by atoms with Crippen molar-refractivity contribution >= 4 is 10.0 Å². The summed E-state index contributed by atoms with van der Waals surface area (Å²) in [6.07, 6.45) is 0.504. The van der Waals surface area contributed by atoms with Gasteiger partial charge in [0.25, 0.3) is 0 Å². The average Bonchev–Trinajstić information content (AvgIpc) is 2.67. The molecule has 0 spiro atoms. The predicted molar refractivity (Wildman–Crippen MR) is 98.1 cm³/mol. The van der Waals surface area contributed by atoms with Crippen molar-refractivity contribution in [3.63, 3.8) is 0 Å². The van der Waals surface area contributed by atoms with E-state index in [1.165, 1.54) is 30.2 Å². The van der Waals surface area contributed by atoms with Crippen LogP contribution in [0.15, 0.2) is 47.4 Å². The van der Waals surface area contributed by atoms with Gasteiger partial charge in [0, 0.05) is 26.1 Å². The molecule has 1 atom stereocenters. The molecule has 0 amide bonds. The van der Waals surface area contributed by atoms with Gasteiger partial charge < -0.3 is 14.2 Å². The quantitative estimate of drug-likeness (QED) is 0.774. The fraction of sp³-hybridized carbons (Fsp3) is 0.368. The SMILES string of the molecule is COc1ccc(S(=O)(=O)N(C)CC2Cc3ccccc3CO2)c(OC)c1. The highest BCUT2D eigenvalue weighted by molar-refractivity contribution is 7.89. The highest BCUT2D eigenvalue weighted by Gasteiger charge is 2.29. The lowest BCUT2D eigenvalue weighted by Crippen LogP contribution is -2.38. The van der Waals surface area contributed by atoms with Crippen molar-refractivity contribution in [3.8, 4) is 11.5 Å². The summed E-state index contributed by atoms with van der Waals surface area (Å²) >= 11 is 0. The molecule has 0 radical (unpaired) electrons. The molecule has 1 unspecified atom stereocenters. The Hall–Kier alpha value is -2.09. The number of hydrogen-bond donors (Lipinski definition) is 0. The van der Waals surface area contributed by atoms with E-state index in [-0.39, 0.29) is 23.3 Å². The van der Waals surface area contributed by atoms with Crippen LogP contribution in [0.25, 0.3) is 0 Å². The van der Waals surface area contributed by atoms with Crippen molar-refractivity contribution in [2.75, 3.05) is 27.8 Å². The van der Waals surface area contributed by atoms with Gasteiger partial charge in [0.15, 0.2) is 0 Å². The predicted octanol–water partition coefficient (Wildman–Crippen LogP) is 2.47. The third-order valence-corrected chi connectivity index (χ3v) is 6.42. The zero-order valence-corrected chi connectivity index (χ0v) is 16.0. The summed E-state index contributed by atoms with van der Waals surface area (Å²) in [6.45, 7) is 0.770. The van der Waals surface area contributed by atoms with E-state index in [0.717, 1.165) is 5.56 Å². The summed E-state index contributed by atoms with van der Waals surface area (Å²) in [5, 5.41) is 0. The van der Waals surface area contributed by atoms with Crippen LogP contribution in [0.5, 0.6) is 11.5 Å². The maximum Gasteiger partial charge on any atom is 0.246 e. The number of rotatable bonds is 6. The highest BCUT2D eigenvalue weighted by atomic mass is 32.2. The lowest BCUT2D eigenvalue weighted by molar-refractivity contribution is 0.0202. The van der Waals surface area contributed by atoms with E-state index < -0.39 is 10.0 Å². The Bertz CT molecular complexity index is 881. The third kappa shape index (κ3) is 3.70. The Kier molecular flexibility index (Phi) is 5.50. The third-order valence-electron chi connectivity index (χ3n) is 4.56. The number of ether oxygens (including phenoxy) is 3. The number of sulfonamides is 1. The fourth-order valence-electron chi connectivity index (χ4n) is 3.07. The van der Waals surface area contributed by atoms with Crippen LogP contribution in [0.2, 0.25) is 0 Å². The van der Waals surface area contributed by atoms with E-state index in [1.807, 2.05) is 18.2 Å². The lowest BCUT2D eigenvalue weighted by Gasteiger charge is -2.29. The van der Waals surface area contributed by atoms with Crippen LogP contribution in [-0.4, -0.2) is 46.6 Å². The van der Waals surface area contributed by atoms with Gasteiger partial charge in [-0.1, -0.05) is 24.3 Å². The van der Waals surface area contributed by atoms with Crippen LogP contribution in [0.1, 0.15) is 11.1 Å². The van der Waals surface area contributed by atoms with Crippen molar-refractivity contribution in [2.45, 2.75) is 24.0 Å². The molecule has 3 rings (SSSR count). The van der Waals surface area contributed by atoms with E-state index in [9.17, 15) is 8.42 Å². The topological polar surface area (TPSA) is 65.1 Å². The number of likely N-dealkylation sites (N-methyl/N-ethyl adjacent to an activating group) is 1. The van der Waals surface area contributed by atoms with E-state index in [4.69, 9.17) is 14.2 Å². The fourth-order valence-corrected chi connectivity index (χ4v) is 4.40. The molecular formula is C19H23NO5S. The van der Waals surface area contributed by atoms with Gasteiger partial charge in [-0.2, -0.15) is 4.31 Å². The molecule has 7 heteroatoms. The number of hydrogen-bond acceptors (Lipinski definition) is 5. The van der Waals surface area contributed by atoms with E-state index in [2.05, 4.69) is 6.07 Å². The molecule has 0 fully saturated rings. The highest BCUT2D eigenvalue weighted by Crippen LogP contribution is 2.31. The molecule has 1 aliphatic rings. The summed E-state index contributed by atoms with van der Waals surface area (Å²) < 4.78 is 43.5. The zero-order valence-electron chi connectivity index (χ0n) is 15.1. The minimum Gasteiger partial charge on any atom is -0.497 e. The summed E-state index contributed by atoms with van der Waals surface area (Å²) in [6, 6.07) is 12.7. The molecule has 0 bridgehead atoms. The van der Waals surface area contributed by atoms with Crippen LogP contribution in [0, 0.1) is 0 Å². The molecular weight excluding hydrogens is 354 g/mol. The Labute approximate surface area is 154 Å². The second-order valence-electron chi connectivity index (χ2n) is 6.21. The smallest absolute Gasteiger partial charge is 0.246 e. The number of fused-ring (bicyclic) bond motifs is 1. The first-order chi connectivity index (χ1) is 12.5. The van der Waals surface area contributed by atoms with Crippen LogP contribution in [-0.2, 0) is 27.8 Å². The van der Waals surface area contributed by atoms with Crippen LogP contribution >= 0.6 is 0 Å². The molecule has 2 aromatic carbocycles. The van der Waals surface area contributed by atoms with Crippen LogP contribution < -0.4 is 9.47 Å². The van der Waals surface area contributed by atoms with Gasteiger partial charge >= 0.3 is 0 Å². The van der Waals surface area contributed by atoms with E-state index >= 15 is 0 Å². The minimum atomic E-state index is -3.71. The van der Waals surface area contributed by atoms with Gasteiger partial charge in [-0.25, -0.2) is 8.42 Å². The summed E-state index contributed by atoms with van der Waals surface area (Å²) in [5.41, 5.74) is 2.36. The molecule has 0 aliphatic carbocycles. The first-order valence-corrected chi connectivity index (χ1v) is 9.76. The van der Waals surface area contributed by atoms with Crippen LogP contribution in [0.3, 0.4) is 0 Å². The summed E-state index contributed by atoms with van der Waals surface area (Å²) in [4.78, 5) is 0.111. The molecule has 6 nitrogen and oxygen atoms in total. The van der Waals surface area contributed by atoms with Gasteiger partial charge in [-0.3, -0.25) is 0 Å². The van der Waals surface area contributed by atoms with Crippen molar-refractivity contribution in [3.05, 3.63) is 53.6 Å². The summed E-state index contributed by atoms with van der Waals surface area (Å²) in [5.74, 6) is 0.793. The molecule has 1 heterocycles. The maximum atomic E-state index is 13.0. The van der Waals surface area contributed by atoms with Gasteiger partial charge in [0.2, 0.25) is 10.0 Å². The second kappa shape index (κ2) is 7.65. The average molecular weight is 377 g/mol. The molecule has 1 aliphatic heterocycles. The van der Waals surface area contributed by atoms with E-state index in [0.29, 0.717) is 18.8 Å². The lowest BCUT2D eigenvalue weighted by atomic mass is 9.99. The monoisotopic (exact) mass is 377 g/mol. The van der Waals surface area contributed by atoms with Gasteiger partial charge in [-0.15, -0.1) is 0 Å². The van der Waals surface area contributed by atoms with Crippen molar-refractivity contribution in [1.82, 2.24) is 4.31 Å². The second-order valence-corrected chi connectivity index (χ2v) is 8.22. The first-order valence-electron chi connectivity index (χ1n) is 8.32. The zero-order chi connectivity index (χ0) is 18.7. The van der Waals surface area contributed by atoms with Crippen molar-refractivity contribution < 1.29 is 22.6 Å². The van der Waals surface area contributed by atoms with Gasteiger partial charge in [0.1, 0.15) is 16.4 Å². The summed E-state index contributed by atoms with van der Waals surface area (Å²) in [7, 11) is 0.808. The largest absolute Gasteiger partial charge is 0.497 e. The standard InChI is InChI=1S/C19H23NO5S/c1-20(12-17-10-14-6-4-5-7-15(14)13-25-17)26(21,22)19-9-8-16(23-2)11-18(19)24-3/h4-9,11,17H,10,12-13H2,1-3H3. The molecule has 0 saturated carbocycles. The minimum absolute atomic E-state index is 0.111. The van der Waals surface area contributed by atoms with E-state index in [1.54, 1.807) is 19.2 Å². The van der Waals surface area contributed by atoms with Crippen molar-refractivity contribution in [2.24, 2.45) is 0 Å². The Balaban J connectivity index is 1.78. The molecule has 2 aromatic rings.